The van der Waals surface area contributed by atoms with E-state index in [9.17, 15) is 18.7 Å². The molecule has 0 unspecified atom stereocenters. The molecule has 0 saturated heterocycles. The number of nitrogens with one attached hydrogen (secondary N) is 1. The molecule has 0 amide bonds. The van der Waals surface area contributed by atoms with Crippen molar-refractivity contribution in [2.45, 2.75) is 51.9 Å². The first-order valence-electron chi connectivity index (χ1n) is 12.0. The van der Waals surface area contributed by atoms with Crippen LogP contribution in [0.15, 0.2) is 60.7 Å². The Morgan fingerprint density at radius 3 is 2.43 bits per heavy atom. The van der Waals surface area contributed by atoms with Crippen molar-refractivity contribution >= 4 is 5.97 Å². The van der Waals surface area contributed by atoms with Crippen LogP contribution in [0.4, 0.5) is 8.78 Å². The molecule has 0 aliphatic carbocycles. The molecule has 0 heterocycles. The third-order valence-electron chi connectivity index (χ3n) is 5.99. The largest absolute Gasteiger partial charge is 0.478 e. The van der Waals surface area contributed by atoms with Crippen molar-refractivity contribution in [3.8, 4) is 11.5 Å². The summed E-state index contributed by atoms with van der Waals surface area (Å²) in [6.07, 6.45) is -0.690. The van der Waals surface area contributed by atoms with Gasteiger partial charge < -0.3 is 25.0 Å². The Labute approximate surface area is 215 Å². The van der Waals surface area contributed by atoms with E-state index < -0.39 is 24.0 Å². The highest BCUT2D eigenvalue weighted by molar-refractivity contribution is 5.87. The van der Waals surface area contributed by atoms with E-state index in [2.05, 4.69) is 5.32 Å². The Morgan fingerprint density at radius 1 is 1.03 bits per heavy atom. The molecule has 0 aliphatic heterocycles. The smallest absolute Gasteiger partial charge is 0.335 e. The normalized spacial score (nSPS) is 13.3. The van der Waals surface area contributed by atoms with Gasteiger partial charge in [-0.25, -0.2) is 13.6 Å². The molecular weight excluding hydrogens is 480 g/mol. The minimum atomic E-state index is -1.23. The number of benzene rings is 3. The van der Waals surface area contributed by atoms with Crippen molar-refractivity contribution in [2.24, 2.45) is 0 Å². The predicted octanol–water partition coefficient (Wildman–Crippen LogP) is 5.81. The van der Waals surface area contributed by atoms with E-state index in [4.69, 9.17) is 14.6 Å². The number of aromatic carboxylic acids is 1. The topological polar surface area (TPSA) is 88.0 Å². The summed E-state index contributed by atoms with van der Waals surface area (Å²) >= 11 is 0. The highest BCUT2D eigenvalue weighted by atomic mass is 19.1. The lowest BCUT2D eigenvalue weighted by Crippen LogP contribution is -2.46. The number of para-hydroxylation sites is 1. The van der Waals surface area contributed by atoms with Crippen LogP contribution in [0, 0.1) is 18.6 Å². The summed E-state index contributed by atoms with van der Waals surface area (Å²) in [5.41, 5.74) is 1.56. The maximum Gasteiger partial charge on any atom is 0.335 e. The summed E-state index contributed by atoms with van der Waals surface area (Å²) in [6.45, 7) is 7.80. The van der Waals surface area contributed by atoms with Crippen molar-refractivity contribution in [1.82, 2.24) is 5.32 Å². The van der Waals surface area contributed by atoms with E-state index in [1.165, 1.54) is 18.2 Å². The number of aliphatic hydroxyl groups excluding tert-OH is 1. The molecule has 2 atom stereocenters. The number of halogens is 2. The number of carbonyl (C=O) groups is 1. The van der Waals surface area contributed by atoms with Gasteiger partial charge in [-0.15, -0.1) is 0 Å². The van der Waals surface area contributed by atoms with Crippen molar-refractivity contribution in [1.29, 1.82) is 0 Å². The predicted molar refractivity (Wildman–Crippen MR) is 137 cm³/mol. The maximum absolute atomic E-state index is 14.4. The van der Waals surface area contributed by atoms with Crippen LogP contribution in [0.5, 0.6) is 11.5 Å². The molecule has 0 spiro atoms. The fraction of sp³-hybridized carbons (Fsp3) is 0.345. The first kappa shape index (κ1) is 28.2. The van der Waals surface area contributed by atoms with Gasteiger partial charge in [-0.3, -0.25) is 0 Å². The number of β-amino-alcohol motifs (C(OH)–C–C–N with tert-alkyl or cyclic N) is 1. The molecule has 3 rings (SSSR count). The van der Waals surface area contributed by atoms with Gasteiger partial charge in [0.2, 0.25) is 0 Å². The highest BCUT2D eigenvalue weighted by Gasteiger charge is 2.21. The lowest BCUT2D eigenvalue weighted by Gasteiger charge is -2.28. The molecule has 3 N–H and O–H groups in total. The maximum atomic E-state index is 14.4. The zero-order chi connectivity index (χ0) is 27.2. The Hall–Kier alpha value is -3.33. The lowest BCUT2D eigenvalue weighted by atomic mass is 9.94. The summed E-state index contributed by atoms with van der Waals surface area (Å²) in [5.74, 6) is -2.00. The fourth-order valence-electron chi connectivity index (χ4n) is 3.86. The van der Waals surface area contributed by atoms with E-state index in [-0.39, 0.29) is 35.8 Å². The molecule has 0 radical (unpaired) electrons. The van der Waals surface area contributed by atoms with Gasteiger partial charge in [0.15, 0.2) is 11.6 Å². The second-order valence-electron chi connectivity index (χ2n) is 9.74. The molecule has 6 nitrogen and oxygen atoms in total. The van der Waals surface area contributed by atoms with E-state index in [0.29, 0.717) is 23.3 Å². The quantitative estimate of drug-likeness (QED) is 0.283. The van der Waals surface area contributed by atoms with E-state index in [1.807, 2.05) is 19.9 Å². The minimum Gasteiger partial charge on any atom is -0.478 e. The van der Waals surface area contributed by atoms with Crippen molar-refractivity contribution in [3.05, 3.63) is 94.6 Å². The summed E-state index contributed by atoms with van der Waals surface area (Å²) < 4.78 is 39.8. The second kappa shape index (κ2) is 12.3. The number of ether oxygens (including phenoxy) is 2. The second-order valence-corrected chi connectivity index (χ2v) is 9.74. The Balaban J connectivity index is 1.55. The molecule has 0 saturated carbocycles. The number of hydrogen-bond donors (Lipinski definition) is 3. The van der Waals surface area contributed by atoms with Crippen LogP contribution >= 0.6 is 0 Å². The molecule has 37 heavy (non-hydrogen) atoms. The summed E-state index contributed by atoms with van der Waals surface area (Å²) in [5, 5.41) is 22.8. The van der Waals surface area contributed by atoms with Crippen LogP contribution in [0.2, 0.25) is 0 Å². The van der Waals surface area contributed by atoms with Gasteiger partial charge in [-0.2, -0.15) is 0 Å². The number of rotatable bonds is 12. The Morgan fingerprint density at radius 2 is 1.76 bits per heavy atom. The molecule has 0 aliphatic rings. The van der Waals surface area contributed by atoms with Crippen molar-refractivity contribution in [2.75, 3.05) is 13.2 Å². The van der Waals surface area contributed by atoms with Gasteiger partial charge in [0.05, 0.1) is 24.4 Å². The Bertz CT molecular complexity index is 1230. The van der Waals surface area contributed by atoms with E-state index >= 15 is 0 Å². The Kier molecular flexibility index (Phi) is 9.37. The number of aryl methyl sites for hydroxylation is 1. The number of carboxylic acids is 1. The van der Waals surface area contributed by atoms with Gasteiger partial charge in [0, 0.05) is 17.6 Å². The minimum absolute atomic E-state index is 0.0411. The van der Waals surface area contributed by atoms with Crippen molar-refractivity contribution < 1.29 is 33.3 Å². The molecule has 8 heteroatoms. The lowest BCUT2D eigenvalue weighted by molar-refractivity contribution is -0.00483. The molecule has 0 fully saturated rings. The van der Waals surface area contributed by atoms with Crippen LogP contribution < -0.4 is 10.1 Å². The van der Waals surface area contributed by atoms with Gasteiger partial charge >= 0.3 is 5.97 Å². The number of hydrogen-bond acceptors (Lipinski definition) is 5. The molecular formula is C29H33F2NO5. The average Bonchev–Trinajstić information content (AvgIpc) is 2.85. The third kappa shape index (κ3) is 8.08. The van der Waals surface area contributed by atoms with Gasteiger partial charge in [0.1, 0.15) is 11.6 Å². The van der Waals surface area contributed by atoms with Gasteiger partial charge in [-0.05, 0) is 75.6 Å². The standard InChI is InChI=1S/C29H33F2NO5/c1-18-9-10-20(13-24(18)30)15-29(3,4)32-16-22(33)17-36-19(2)23-7-5-6-8-26(23)37-27-12-11-21(28(34)35)14-25(27)31/h5-14,19,22,32-33H,15-17H2,1-4H3,(H,34,35)/t19-,22-/m1/s1. The highest BCUT2D eigenvalue weighted by Crippen LogP contribution is 2.32. The summed E-state index contributed by atoms with van der Waals surface area (Å²) in [6, 6.07) is 15.6. The molecule has 0 bridgehead atoms. The van der Waals surface area contributed by atoms with E-state index in [1.54, 1.807) is 44.2 Å². The third-order valence-corrected chi connectivity index (χ3v) is 5.99. The van der Waals surface area contributed by atoms with Gasteiger partial charge in [0.25, 0.3) is 0 Å². The zero-order valence-electron chi connectivity index (χ0n) is 21.4. The average molecular weight is 514 g/mol. The number of aliphatic hydroxyl groups is 1. The van der Waals surface area contributed by atoms with E-state index in [0.717, 1.165) is 11.6 Å². The zero-order valence-corrected chi connectivity index (χ0v) is 21.4. The summed E-state index contributed by atoms with van der Waals surface area (Å²) in [7, 11) is 0. The van der Waals surface area contributed by atoms with Crippen LogP contribution in [0.3, 0.4) is 0 Å². The molecule has 3 aromatic carbocycles. The fourth-order valence-corrected chi connectivity index (χ4v) is 3.86. The molecule has 3 aromatic rings. The summed E-state index contributed by atoms with van der Waals surface area (Å²) in [4.78, 5) is 11.0. The van der Waals surface area contributed by atoms with Crippen LogP contribution in [-0.2, 0) is 11.2 Å². The monoisotopic (exact) mass is 513 g/mol. The van der Waals surface area contributed by atoms with Crippen LogP contribution in [-0.4, -0.2) is 41.0 Å². The first-order valence-corrected chi connectivity index (χ1v) is 12.0. The number of carboxylic acid groups (broad SMARTS) is 1. The van der Waals surface area contributed by atoms with Crippen LogP contribution in [0.25, 0.3) is 0 Å². The van der Waals surface area contributed by atoms with Gasteiger partial charge in [-0.1, -0.05) is 30.3 Å². The first-order chi connectivity index (χ1) is 17.4. The molecule has 0 aromatic heterocycles. The molecule has 198 valence electrons. The van der Waals surface area contributed by atoms with Crippen LogP contribution in [0.1, 0.15) is 53.9 Å². The van der Waals surface area contributed by atoms with Crippen molar-refractivity contribution in [3.63, 3.8) is 0 Å². The SMILES string of the molecule is Cc1ccc(CC(C)(C)NC[C@@H](O)CO[C@H](C)c2ccccc2Oc2ccc(C(=O)O)cc2F)cc1F.